The van der Waals surface area contributed by atoms with Crippen molar-refractivity contribution in [3.8, 4) is 23.6 Å². The number of ether oxygens (including phenoxy) is 2. The van der Waals surface area contributed by atoms with E-state index in [1.807, 2.05) is 26.0 Å². The van der Waals surface area contributed by atoms with Crippen LogP contribution in [0.3, 0.4) is 0 Å². The maximum atomic E-state index is 10.3. The number of nitrogens with two attached hydrogens (primary N) is 1. The van der Waals surface area contributed by atoms with Gasteiger partial charge in [-0.1, -0.05) is 19.9 Å². The number of nitrogens with zero attached hydrogens (tertiary/aromatic N) is 3. The third-order valence-corrected chi connectivity index (χ3v) is 8.24. The van der Waals surface area contributed by atoms with E-state index >= 15 is 0 Å². The highest BCUT2D eigenvalue weighted by molar-refractivity contribution is 8.18. The van der Waals surface area contributed by atoms with E-state index in [1.165, 1.54) is 0 Å². The average molecular weight is 403 g/mol. The van der Waals surface area contributed by atoms with E-state index in [2.05, 4.69) is 17.1 Å². The van der Waals surface area contributed by atoms with E-state index in [9.17, 15) is 10.5 Å². The van der Waals surface area contributed by atoms with Gasteiger partial charge in [-0.15, -0.1) is 23.5 Å². The van der Waals surface area contributed by atoms with E-state index in [4.69, 9.17) is 15.2 Å². The van der Waals surface area contributed by atoms with Gasteiger partial charge in [-0.3, -0.25) is 0 Å². The minimum atomic E-state index is -1.12. The molecule has 0 bridgehead atoms. The molecule has 1 aromatic rings. The normalized spacial score (nSPS) is 29.9. The van der Waals surface area contributed by atoms with Gasteiger partial charge in [-0.05, 0) is 29.2 Å². The molecule has 0 saturated heterocycles. The first-order chi connectivity index (χ1) is 13.0. The number of nitriles is 2. The lowest BCUT2D eigenvalue weighted by Crippen LogP contribution is -2.31. The van der Waals surface area contributed by atoms with Crippen molar-refractivity contribution < 1.29 is 9.47 Å². The minimum absolute atomic E-state index is 0.258. The Morgan fingerprint density at radius 1 is 1.11 bits per heavy atom. The predicted molar refractivity (Wildman–Crippen MR) is 109 cm³/mol. The molecule has 1 heterocycles. The summed E-state index contributed by atoms with van der Waals surface area (Å²) in [4.78, 5) is 4.69. The topological polar surface area (TPSA) is 104 Å². The molecule has 8 heteroatoms. The van der Waals surface area contributed by atoms with E-state index in [0.717, 1.165) is 17.1 Å². The van der Waals surface area contributed by atoms with Gasteiger partial charge < -0.3 is 15.2 Å². The van der Waals surface area contributed by atoms with Crippen LogP contribution in [0.15, 0.2) is 23.2 Å². The SMILES string of the molecule is CCSC1(SCC)N=C(N)C2(C#N)C(c3ccc(OC)c(OC)c3)C12C#N. The molecular formula is C19H22N4O2S2. The number of hydrogen-bond acceptors (Lipinski definition) is 8. The molecule has 2 aliphatic rings. The first-order valence-electron chi connectivity index (χ1n) is 8.66. The van der Waals surface area contributed by atoms with Crippen molar-refractivity contribution in [2.75, 3.05) is 25.7 Å². The van der Waals surface area contributed by atoms with Crippen LogP contribution in [-0.4, -0.2) is 35.8 Å². The molecule has 0 aromatic heterocycles. The summed E-state index contributed by atoms with van der Waals surface area (Å²) in [5.41, 5.74) is 5.02. The third-order valence-electron chi connectivity index (χ3n) is 5.35. The number of rotatable bonds is 7. The van der Waals surface area contributed by atoms with Crippen molar-refractivity contribution in [1.29, 1.82) is 10.5 Å². The van der Waals surface area contributed by atoms with Crippen molar-refractivity contribution in [2.24, 2.45) is 21.6 Å². The van der Waals surface area contributed by atoms with Crippen molar-refractivity contribution in [1.82, 2.24) is 0 Å². The fourth-order valence-electron chi connectivity index (χ4n) is 4.28. The van der Waals surface area contributed by atoms with Crippen LogP contribution in [0.2, 0.25) is 0 Å². The number of thioether (sulfide) groups is 2. The molecule has 142 valence electrons. The molecule has 0 spiro atoms. The summed E-state index contributed by atoms with van der Waals surface area (Å²) >= 11 is 3.17. The number of benzene rings is 1. The summed E-state index contributed by atoms with van der Waals surface area (Å²) in [5.74, 6) is 2.60. The zero-order valence-electron chi connectivity index (χ0n) is 15.8. The van der Waals surface area contributed by atoms with Crippen molar-refractivity contribution in [3.63, 3.8) is 0 Å². The quantitative estimate of drug-likeness (QED) is 0.697. The number of amidine groups is 1. The summed E-state index contributed by atoms with van der Waals surface area (Å²) in [7, 11) is 3.14. The Kier molecular flexibility index (Phi) is 5.00. The second-order valence-electron chi connectivity index (χ2n) is 6.33. The lowest BCUT2D eigenvalue weighted by Gasteiger charge is -2.31. The number of methoxy groups -OCH3 is 2. The van der Waals surface area contributed by atoms with Crippen LogP contribution in [0.4, 0.5) is 0 Å². The molecule has 1 fully saturated rings. The standard InChI is InChI=1S/C19H22N4O2S2/c1-5-26-19(27-6-2)18(11-21)15(17(18,10-20)16(22)23-19)12-7-8-13(24-3)14(9-12)25-4/h7-9,15H,5-6H2,1-4H3,(H2,22,23). The molecule has 27 heavy (non-hydrogen) atoms. The van der Waals surface area contributed by atoms with Gasteiger partial charge in [0.1, 0.15) is 16.7 Å². The molecule has 1 saturated carbocycles. The fraction of sp³-hybridized carbons (Fsp3) is 0.526. The van der Waals surface area contributed by atoms with Gasteiger partial charge in [0.2, 0.25) is 0 Å². The second kappa shape index (κ2) is 6.85. The molecule has 3 atom stereocenters. The van der Waals surface area contributed by atoms with E-state index in [1.54, 1.807) is 43.8 Å². The van der Waals surface area contributed by atoms with Crippen LogP contribution >= 0.6 is 23.5 Å². The maximum Gasteiger partial charge on any atom is 0.175 e. The van der Waals surface area contributed by atoms with Crippen LogP contribution < -0.4 is 15.2 Å². The Morgan fingerprint density at radius 3 is 2.22 bits per heavy atom. The first-order valence-corrected chi connectivity index (χ1v) is 10.6. The van der Waals surface area contributed by atoms with Crippen molar-refractivity contribution >= 4 is 29.4 Å². The molecule has 1 aliphatic carbocycles. The largest absolute Gasteiger partial charge is 0.493 e. The monoisotopic (exact) mass is 402 g/mol. The molecule has 1 aromatic carbocycles. The molecule has 2 N–H and O–H groups in total. The van der Waals surface area contributed by atoms with Crippen LogP contribution in [0.25, 0.3) is 0 Å². The Hall–Kier alpha value is -2.03. The molecule has 3 rings (SSSR count). The van der Waals surface area contributed by atoms with E-state index in [0.29, 0.717) is 11.5 Å². The van der Waals surface area contributed by atoms with Gasteiger partial charge in [-0.2, -0.15) is 10.5 Å². The lowest BCUT2D eigenvalue weighted by atomic mass is 9.97. The third kappa shape index (κ3) is 2.23. The highest BCUT2D eigenvalue weighted by Crippen LogP contribution is 2.85. The Labute approximate surface area is 168 Å². The van der Waals surface area contributed by atoms with Crippen LogP contribution in [-0.2, 0) is 0 Å². The molecule has 3 unspecified atom stereocenters. The van der Waals surface area contributed by atoms with Gasteiger partial charge in [0, 0.05) is 5.92 Å². The number of hydrogen-bond donors (Lipinski definition) is 1. The highest BCUT2D eigenvalue weighted by Gasteiger charge is 2.91. The molecule has 6 nitrogen and oxygen atoms in total. The molecular weight excluding hydrogens is 380 g/mol. The Bertz CT molecular complexity index is 869. The van der Waals surface area contributed by atoms with E-state index in [-0.39, 0.29) is 11.8 Å². The molecule has 1 aliphatic heterocycles. The zero-order chi connectivity index (χ0) is 19.9. The maximum absolute atomic E-state index is 10.3. The van der Waals surface area contributed by atoms with Gasteiger partial charge >= 0.3 is 0 Å². The average Bonchev–Trinajstić information content (AvgIpc) is 3.26. The lowest BCUT2D eigenvalue weighted by molar-refractivity contribution is 0.354. The van der Waals surface area contributed by atoms with Gasteiger partial charge in [0.05, 0.1) is 26.4 Å². The highest BCUT2D eigenvalue weighted by atomic mass is 32.2. The summed E-state index contributed by atoms with van der Waals surface area (Å²) in [5, 5.41) is 20.4. The van der Waals surface area contributed by atoms with Crippen molar-refractivity contribution in [3.05, 3.63) is 23.8 Å². The van der Waals surface area contributed by atoms with Gasteiger partial charge in [0.25, 0.3) is 0 Å². The Balaban J connectivity index is 2.21. The van der Waals surface area contributed by atoms with Crippen LogP contribution in [0.5, 0.6) is 11.5 Å². The first kappa shape index (κ1) is 19.7. The number of aliphatic imine (C=N–C) groups is 1. The summed E-state index contributed by atoms with van der Waals surface area (Å²) in [6.45, 7) is 4.05. The van der Waals surface area contributed by atoms with Crippen LogP contribution in [0, 0.1) is 33.5 Å². The van der Waals surface area contributed by atoms with Crippen molar-refractivity contribution in [2.45, 2.75) is 24.0 Å². The zero-order valence-corrected chi connectivity index (χ0v) is 17.4. The molecule has 0 amide bonds. The van der Waals surface area contributed by atoms with Gasteiger partial charge in [-0.25, -0.2) is 4.99 Å². The number of fused-ring (bicyclic) bond motifs is 1. The summed E-state index contributed by atoms with van der Waals surface area (Å²) < 4.78 is 9.95. The second-order valence-corrected chi connectivity index (χ2v) is 9.50. The fourth-order valence-corrected chi connectivity index (χ4v) is 7.54. The van der Waals surface area contributed by atoms with Gasteiger partial charge in [0.15, 0.2) is 15.7 Å². The summed E-state index contributed by atoms with van der Waals surface area (Å²) in [6.07, 6.45) is 0. The molecule has 0 radical (unpaired) electrons. The smallest absolute Gasteiger partial charge is 0.175 e. The van der Waals surface area contributed by atoms with E-state index < -0.39 is 15.0 Å². The van der Waals surface area contributed by atoms with Crippen LogP contribution in [0.1, 0.15) is 25.3 Å². The minimum Gasteiger partial charge on any atom is -0.493 e. The predicted octanol–water partition coefficient (Wildman–Crippen LogP) is 3.35. The Morgan fingerprint density at radius 2 is 1.74 bits per heavy atom. The summed E-state index contributed by atoms with van der Waals surface area (Å²) in [6, 6.07) is 10.4.